The van der Waals surface area contributed by atoms with E-state index < -0.39 is 17.0 Å². The van der Waals surface area contributed by atoms with Gasteiger partial charge in [0.15, 0.2) is 0 Å². The van der Waals surface area contributed by atoms with E-state index in [9.17, 15) is 19.7 Å². The smallest absolute Gasteiger partial charge is 0.319 e. The van der Waals surface area contributed by atoms with Crippen molar-refractivity contribution in [2.75, 3.05) is 13.7 Å². The number of carbonyl (C=O) groups is 2. The Balaban J connectivity index is 1.58. The molecule has 0 bridgehead atoms. The second kappa shape index (κ2) is 7.27. The van der Waals surface area contributed by atoms with Crippen LogP contribution in [0.1, 0.15) is 17.2 Å². The van der Waals surface area contributed by atoms with E-state index in [4.69, 9.17) is 4.74 Å². The summed E-state index contributed by atoms with van der Waals surface area (Å²) in [6, 6.07) is 12.2. The summed E-state index contributed by atoms with van der Waals surface area (Å²) in [6.07, 6.45) is 0. The van der Waals surface area contributed by atoms with Crippen molar-refractivity contribution in [2.45, 2.75) is 12.6 Å². The van der Waals surface area contributed by atoms with Gasteiger partial charge in [-0.25, -0.2) is 4.79 Å². The third-order valence-electron chi connectivity index (χ3n) is 4.99. The SMILES string of the molecule is COc1ccc(CN2CC3=C(C2=O)C(c2ccc([N+](=O)[O-])cc2)NC(=O)N3)cc1. The molecule has 2 aliphatic rings. The second-order valence-electron chi connectivity index (χ2n) is 6.78. The number of ether oxygens (including phenoxy) is 1. The predicted molar refractivity (Wildman–Crippen MR) is 103 cm³/mol. The van der Waals surface area contributed by atoms with Gasteiger partial charge in [0.1, 0.15) is 5.75 Å². The zero-order valence-electron chi connectivity index (χ0n) is 15.5. The van der Waals surface area contributed by atoms with E-state index in [1.54, 1.807) is 24.1 Å². The maximum absolute atomic E-state index is 13.1. The second-order valence-corrected chi connectivity index (χ2v) is 6.78. The molecule has 0 spiro atoms. The van der Waals surface area contributed by atoms with E-state index in [-0.39, 0.29) is 18.1 Å². The summed E-state index contributed by atoms with van der Waals surface area (Å²) >= 11 is 0. The molecule has 2 aliphatic heterocycles. The number of rotatable bonds is 5. The van der Waals surface area contributed by atoms with E-state index in [0.29, 0.717) is 23.4 Å². The van der Waals surface area contributed by atoms with Crippen LogP contribution < -0.4 is 15.4 Å². The number of nitro groups is 1. The molecule has 2 aromatic carbocycles. The van der Waals surface area contributed by atoms with E-state index in [1.165, 1.54) is 12.1 Å². The lowest BCUT2D eigenvalue weighted by molar-refractivity contribution is -0.384. The molecule has 0 fully saturated rings. The third kappa shape index (κ3) is 3.49. The number of nitrogens with one attached hydrogen (secondary N) is 2. The van der Waals surface area contributed by atoms with Crippen LogP contribution in [0.15, 0.2) is 59.8 Å². The highest BCUT2D eigenvalue weighted by Crippen LogP contribution is 2.33. The Morgan fingerprint density at radius 3 is 2.45 bits per heavy atom. The molecule has 148 valence electrons. The molecule has 29 heavy (non-hydrogen) atoms. The molecular weight excluding hydrogens is 376 g/mol. The first-order valence-electron chi connectivity index (χ1n) is 8.93. The van der Waals surface area contributed by atoms with Gasteiger partial charge in [-0.15, -0.1) is 0 Å². The lowest BCUT2D eigenvalue weighted by atomic mass is 9.96. The first-order valence-corrected chi connectivity index (χ1v) is 8.93. The minimum absolute atomic E-state index is 0.0536. The van der Waals surface area contributed by atoms with Crippen molar-refractivity contribution in [3.05, 3.63) is 81.0 Å². The van der Waals surface area contributed by atoms with E-state index in [1.807, 2.05) is 24.3 Å². The highest BCUT2D eigenvalue weighted by molar-refractivity contribution is 6.01. The number of non-ortho nitro benzene ring substituents is 1. The van der Waals surface area contributed by atoms with Crippen molar-refractivity contribution in [1.29, 1.82) is 0 Å². The number of hydrogen-bond donors (Lipinski definition) is 2. The van der Waals surface area contributed by atoms with Crippen LogP contribution in [0.3, 0.4) is 0 Å². The Morgan fingerprint density at radius 2 is 1.83 bits per heavy atom. The van der Waals surface area contributed by atoms with Crippen LogP contribution >= 0.6 is 0 Å². The molecule has 0 aliphatic carbocycles. The fourth-order valence-electron chi connectivity index (χ4n) is 3.55. The standard InChI is InChI=1S/C20H18N4O5/c1-29-15-8-2-12(3-9-15)10-23-11-16-17(19(23)25)18(22-20(26)21-16)13-4-6-14(7-5-13)24(27)28/h2-9,18H,10-11H2,1H3,(H2,21,22,26). The number of nitro benzene ring substituents is 1. The van der Waals surface area contributed by atoms with Gasteiger partial charge in [0.05, 0.1) is 35.9 Å². The average Bonchev–Trinajstić information content (AvgIpc) is 3.03. The minimum Gasteiger partial charge on any atom is -0.497 e. The first kappa shape index (κ1) is 18.5. The van der Waals surface area contributed by atoms with Crippen molar-refractivity contribution < 1.29 is 19.2 Å². The summed E-state index contributed by atoms with van der Waals surface area (Å²) in [5, 5.41) is 16.3. The molecule has 9 heteroatoms. The Labute approximate surface area is 166 Å². The van der Waals surface area contributed by atoms with Crippen LogP contribution in [-0.4, -0.2) is 35.4 Å². The van der Waals surface area contributed by atoms with Crippen molar-refractivity contribution in [2.24, 2.45) is 0 Å². The normalized spacial score (nSPS) is 18.2. The van der Waals surface area contributed by atoms with Gasteiger partial charge in [0, 0.05) is 18.7 Å². The quantitative estimate of drug-likeness (QED) is 0.596. The summed E-state index contributed by atoms with van der Waals surface area (Å²) < 4.78 is 5.15. The zero-order chi connectivity index (χ0) is 20.5. The molecular formula is C20H18N4O5. The number of nitrogens with zero attached hydrogens (tertiary/aromatic N) is 2. The lowest BCUT2D eigenvalue weighted by Crippen LogP contribution is -2.44. The average molecular weight is 394 g/mol. The number of methoxy groups -OCH3 is 1. The van der Waals surface area contributed by atoms with Gasteiger partial charge in [-0.2, -0.15) is 0 Å². The Kier molecular flexibility index (Phi) is 4.63. The summed E-state index contributed by atoms with van der Waals surface area (Å²) in [5.41, 5.74) is 2.49. The molecule has 1 atom stereocenters. The van der Waals surface area contributed by atoms with Crippen molar-refractivity contribution in [3.63, 3.8) is 0 Å². The molecule has 0 saturated carbocycles. The van der Waals surface area contributed by atoms with Crippen LogP contribution in [0.25, 0.3) is 0 Å². The Bertz CT molecular complexity index is 1010. The van der Waals surface area contributed by atoms with Gasteiger partial charge in [-0.3, -0.25) is 14.9 Å². The molecule has 0 saturated heterocycles. The van der Waals surface area contributed by atoms with Crippen LogP contribution in [0.4, 0.5) is 10.5 Å². The van der Waals surface area contributed by atoms with Crippen LogP contribution in [-0.2, 0) is 11.3 Å². The van der Waals surface area contributed by atoms with Gasteiger partial charge in [0.2, 0.25) is 0 Å². The van der Waals surface area contributed by atoms with E-state index in [2.05, 4.69) is 10.6 Å². The highest BCUT2D eigenvalue weighted by Gasteiger charge is 2.40. The summed E-state index contributed by atoms with van der Waals surface area (Å²) in [6.45, 7) is 0.676. The Hall–Kier alpha value is -3.88. The molecule has 9 nitrogen and oxygen atoms in total. The van der Waals surface area contributed by atoms with Crippen molar-refractivity contribution in [1.82, 2.24) is 15.5 Å². The van der Waals surface area contributed by atoms with E-state index in [0.717, 1.165) is 11.3 Å². The van der Waals surface area contributed by atoms with Crippen LogP contribution in [0.2, 0.25) is 0 Å². The van der Waals surface area contributed by atoms with Crippen molar-refractivity contribution >= 4 is 17.6 Å². The van der Waals surface area contributed by atoms with E-state index >= 15 is 0 Å². The van der Waals surface area contributed by atoms with Gasteiger partial charge in [-0.1, -0.05) is 12.1 Å². The molecule has 3 amide bonds. The van der Waals surface area contributed by atoms with Gasteiger partial charge < -0.3 is 20.3 Å². The lowest BCUT2D eigenvalue weighted by Gasteiger charge is -2.25. The topological polar surface area (TPSA) is 114 Å². The van der Waals surface area contributed by atoms with Crippen molar-refractivity contribution in [3.8, 4) is 5.75 Å². The number of hydrogen-bond acceptors (Lipinski definition) is 5. The molecule has 0 radical (unpaired) electrons. The minimum atomic E-state index is -0.659. The third-order valence-corrected chi connectivity index (χ3v) is 4.99. The summed E-state index contributed by atoms with van der Waals surface area (Å²) in [4.78, 5) is 37.2. The maximum Gasteiger partial charge on any atom is 0.319 e. The number of benzene rings is 2. The molecule has 4 rings (SSSR count). The molecule has 2 heterocycles. The maximum atomic E-state index is 13.1. The predicted octanol–water partition coefficient (Wildman–Crippen LogP) is 2.25. The van der Waals surface area contributed by atoms with Crippen LogP contribution in [0, 0.1) is 10.1 Å². The van der Waals surface area contributed by atoms with Crippen LogP contribution in [0.5, 0.6) is 5.75 Å². The number of carbonyl (C=O) groups excluding carboxylic acids is 2. The highest BCUT2D eigenvalue weighted by atomic mass is 16.6. The molecule has 2 aromatic rings. The largest absolute Gasteiger partial charge is 0.497 e. The number of amides is 3. The summed E-state index contributed by atoms with van der Waals surface area (Å²) in [7, 11) is 1.59. The fraction of sp³-hybridized carbons (Fsp3) is 0.200. The molecule has 1 unspecified atom stereocenters. The first-order chi connectivity index (χ1) is 14.0. The Morgan fingerprint density at radius 1 is 1.14 bits per heavy atom. The van der Waals surface area contributed by atoms with Gasteiger partial charge in [0.25, 0.3) is 11.6 Å². The number of urea groups is 1. The molecule has 0 aromatic heterocycles. The summed E-state index contributed by atoms with van der Waals surface area (Å²) in [5.74, 6) is 0.542. The monoisotopic (exact) mass is 394 g/mol. The fourth-order valence-corrected chi connectivity index (χ4v) is 3.55. The van der Waals surface area contributed by atoms with Gasteiger partial charge in [-0.05, 0) is 35.4 Å². The van der Waals surface area contributed by atoms with Gasteiger partial charge >= 0.3 is 6.03 Å². The zero-order valence-corrected chi connectivity index (χ0v) is 15.5. The molecule has 2 N–H and O–H groups in total.